The van der Waals surface area contributed by atoms with Gasteiger partial charge in [0.2, 0.25) is 0 Å². The monoisotopic (exact) mass is 408 g/mol. The summed E-state index contributed by atoms with van der Waals surface area (Å²) >= 11 is 0. The van der Waals surface area contributed by atoms with Gasteiger partial charge < -0.3 is 19.9 Å². The van der Waals surface area contributed by atoms with Crippen molar-refractivity contribution in [3.63, 3.8) is 0 Å². The zero-order valence-corrected chi connectivity index (χ0v) is 17.2. The molecule has 0 radical (unpaired) electrons. The lowest BCUT2D eigenvalue weighted by molar-refractivity contribution is 0.0835. The van der Waals surface area contributed by atoms with Crippen molar-refractivity contribution in [2.45, 2.75) is 37.9 Å². The van der Waals surface area contributed by atoms with Gasteiger partial charge >= 0.3 is 11.8 Å². The average molecular weight is 409 g/mol. The third-order valence-corrected chi connectivity index (χ3v) is 6.06. The average Bonchev–Trinajstić information content (AvgIpc) is 3.08. The van der Waals surface area contributed by atoms with E-state index in [1.165, 1.54) is 5.56 Å². The highest BCUT2D eigenvalue weighted by molar-refractivity contribution is 5.75. The van der Waals surface area contributed by atoms with Gasteiger partial charge in [0.15, 0.2) is 0 Å². The van der Waals surface area contributed by atoms with Crippen LogP contribution in [0.1, 0.15) is 30.9 Å². The molecule has 0 bridgehead atoms. The normalized spacial score (nSPS) is 19.5. The van der Waals surface area contributed by atoms with Gasteiger partial charge in [-0.25, -0.2) is 9.59 Å². The molecule has 2 aromatic carbocycles. The van der Waals surface area contributed by atoms with Crippen LogP contribution in [-0.4, -0.2) is 56.7 Å². The molecule has 1 aliphatic heterocycles. The van der Waals surface area contributed by atoms with E-state index in [0.717, 1.165) is 30.5 Å². The Morgan fingerprint density at radius 3 is 2.67 bits per heavy atom. The number of H-pyrrole nitrogens is 1. The Bertz CT molecular complexity index is 1060. The summed E-state index contributed by atoms with van der Waals surface area (Å²) in [7, 11) is 2.06. The molecule has 1 aromatic heterocycles. The maximum absolute atomic E-state index is 12.6. The predicted octanol–water partition coefficient (Wildman–Crippen LogP) is 3.54. The Kier molecular flexibility index (Phi) is 5.90. The van der Waals surface area contributed by atoms with Crippen LogP contribution in [0.15, 0.2) is 59.4 Å². The molecule has 2 unspecified atom stereocenters. The Morgan fingerprint density at radius 2 is 1.90 bits per heavy atom. The fourth-order valence-electron chi connectivity index (χ4n) is 4.57. The van der Waals surface area contributed by atoms with Crippen LogP contribution in [0.25, 0.3) is 11.0 Å². The van der Waals surface area contributed by atoms with Crippen LogP contribution < -0.4 is 5.69 Å². The molecule has 2 atom stereocenters. The fourth-order valence-corrected chi connectivity index (χ4v) is 4.57. The van der Waals surface area contributed by atoms with Crippen molar-refractivity contribution in [1.82, 2.24) is 19.4 Å². The van der Waals surface area contributed by atoms with Gasteiger partial charge in [0, 0.05) is 31.7 Å². The number of amides is 1. The van der Waals surface area contributed by atoms with Crippen LogP contribution in [0.5, 0.6) is 0 Å². The molecule has 2 heterocycles. The van der Waals surface area contributed by atoms with E-state index < -0.39 is 6.09 Å². The molecule has 30 heavy (non-hydrogen) atoms. The molecule has 4 rings (SSSR count). The second kappa shape index (κ2) is 8.75. The molecule has 7 nitrogen and oxygen atoms in total. The molecule has 0 spiro atoms. The standard InChI is InChI=1S/C23H28N4O3/c1-25(16-17-7-3-2-4-8-17)13-11-18-15-19(12-14-26(18)23(29)30)27-21-10-6-5-9-20(21)24-22(27)28/h2-10,18-19H,11-16H2,1H3,(H,24,28)(H,29,30). The van der Waals surface area contributed by atoms with E-state index in [1.807, 2.05) is 47.0 Å². The van der Waals surface area contributed by atoms with Crippen LogP contribution in [0.3, 0.4) is 0 Å². The largest absolute Gasteiger partial charge is 0.465 e. The molecule has 2 N–H and O–H groups in total. The minimum Gasteiger partial charge on any atom is -0.465 e. The topological polar surface area (TPSA) is 81.6 Å². The third kappa shape index (κ3) is 4.26. The number of fused-ring (bicyclic) bond motifs is 1. The predicted molar refractivity (Wildman–Crippen MR) is 117 cm³/mol. The van der Waals surface area contributed by atoms with Crippen molar-refractivity contribution in [2.75, 3.05) is 20.1 Å². The second-order valence-electron chi connectivity index (χ2n) is 8.14. The van der Waals surface area contributed by atoms with Gasteiger partial charge in [-0.15, -0.1) is 0 Å². The first-order valence-electron chi connectivity index (χ1n) is 10.4. The Balaban J connectivity index is 1.48. The molecule has 3 aromatic rings. The Hall–Kier alpha value is -3.06. The van der Waals surface area contributed by atoms with Crippen molar-refractivity contribution < 1.29 is 9.90 Å². The number of benzene rings is 2. The number of imidazole rings is 1. The Labute approximate surface area is 175 Å². The van der Waals surface area contributed by atoms with E-state index in [0.29, 0.717) is 19.4 Å². The maximum Gasteiger partial charge on any atom is 0.407 e. The summed E-state index contributed by atoms with van der Waals surface area (Å²) in [5.74, 6) is 0. The first-order chi connectivity index (χ1) is 14.5. The summed E-state index contributed by atoms with van der Waals surface area (Å²) in [5.41, 5.74) is 2.82. The highest BCUT2D eigenvalue weighted by Gasteiger charge is 2.33. The molecular formula is C23H28N4O3. The van der Waals surface area contributed by atoms with Crippen LogP contribution in [0.4, 0.5) is 4.79 Å². The lowest BCUT2D eigenvalue weighted by atomic mass is 9.94. The van der Waals surface area contributed by atoms with Crippen molar-refractivity contribution in [3.05, 3.63) is 70.6 Å². The number of likely N-dealkylation sites (tertiary alicyclic amines) is 1. The molecule has 158 valence electrons. The van der Waals surface area contributed by atoms with Gasteiger partial charge in [0.05, 0.1) is 11.0 Å². The highest BCUT2D eigenvalue weighted by atomic mass is 16.4. The number of aromatic nitrogens is 2. The SMILES string of the molecule is CN(CCC1CC(n2c(=O)[nH]c3ccccc32)CCN1C(=O)O)Cc1ccccc1. The second-order valence-corrected chi connectivity index (χ2v) is 8.14. The van der Waals surface area contributed by atoms with Gasteiger partial charge in [-0.05, 0) is 44.0 Å². The molecule has 1 amide bonds. The fraction of sp³-hybridized carbons (Fsp3) is 0.391. The highest BCUT2D eigenvalue weighted by Crippen LogP contribution is 2.30. The summed E-state index contributed by atoms with van der Waals surface area (Å²) in [6.07, 6.45) is 1.15. The number of hydrogen-bond donors (Lipinski definition) is 2. The number of aromatic amines is 1. The lowest BCUT2D eigenvalue weighted by Crippen LogP contribution is -2.47. The van der Waals surface area contributed by atoms with E-state index in [-0.39, 0.29) is 17.8 Å². The lowest BCUT2D eigenvalue weighted by Gasteiger charge is -2.39. The zero-order valence-electron chi connectivity index (χ0n) is 17.2. The molecule has 0 saturated carbocycles. The van der Waals surface area contributed by atoms with Gasteiger partial charge in [-0.1, -0.05) is 42.5 Å². The van der Waals surface area contributed by atoms with Crippen molar-refractivity contribution >= 4 is 17.1 Å². The number of carbonyl (C=O) groups is 1. The van der Waals surface area contributed by atoms with Crippen LogP contribution in [-0.2, 0) is 6.54 Å². The molecule has 1 fully saturated rings. The van der Waals surface area contributed by atoms with Crippen LogP contribution >= 0.6 is 0 Å². The van der Waals surface area contributed by atoms with E-state index in [2.05, 4.69) is 29.1 Å². The van der Waals surface area contributed by atoms with Gasteiger partial charge in [0.1, 0.15) is 0 Å². The zero-order chi connectivity index (χ0) is 21.1. The van der Waals surface area contributed by atoms with Gasteiger partial charge in [-0.3, -0.25) is 4.57 Å². The first-order valence-corrected chi connectivity index (χ1v) is 10.4. The van der Waals surface area contributed by atoms with E-state index in [1.54, 1.807) is 4.90 Å². The number of rotatable bonds is 6. The minimum atomic E-state index is -0.879. The minimum absolute atomic E-state index is 0.00585. The summed E-state index contributed by atoms with van der Waals surface area (Å²) in [4.78, 5) is 31.1. The van der Waals surface area contributed by atoms with E-state index in [9.17, 15) is 14.7 Å². The molecular weight excluding hydrogens is 380 g/mol. The van der Waals surface area contributed by atoms with Crippen molar-refractivity contribution in [2.24, 2.45) is 0 Å². The number of piperidine rings is 1. The van der Waals surface area contributed by atoms with Crippen LogP contribution in [0, 0.1) is 0 Å². The van der Waals surface area contributed by atoms with E-state index in [4.69, 9.17) is 0 Å². The number of carboxylic acid groups (broad SMARTS) is 1. The first kappa shape index (κ1) is 20.2. The number of nitrogens with one attached hydrogen (secondary N) is 1. The van der Waals surface area contributed by atoms with Gasteiger partial charge in [-0.2, -0.15) is 0 Å². The molecule has 1 aliphatic rings. The van der Waals surface area contributed by atoms with Gasteiger partial charge in [0.25, 0.3) is 0 Å². The summed E-state index contributed by atoms with van der Waals surface area (Å²) < 4.78 is 1.81. The summed E-state index contributed by atoms with van der Waals surface area (Å²) in [6, 6.07) is 17.8. The smallest absolute Gasteiger partial charge is 0.407 e. The number of para-hydroxylation sites is 2. The number of nitrogens with zero attached hydrogens (tertiary/aromatic N) is 3. The molecule has 1 saturated heterocycles. The van der Waals surface area contributed by atoms with Crippen LogP contribution in [0.2, 0.25) is 0 Å². The van der Waals surface area contributed by atoms with Crippen molar-refractivity contribution in [3.8, 4) is 0 Å². The molecule has 0 aliphatic carbocycles. The summed E-state index contributed by atoms with van der Waals surface area (Å²) in [6.45, 7) is 2.06. The quantitative estimate of drug-likeness (QED) is 0.654. The summed E-state index contributed by atoms with van der Waals surface area (Å²) in [5, 5.41) is 9.69. The number of hydrogen-bond acceptors (Lipinski definition) is 3. The van der Waals surface area contributed by atoms with E-state index >= 15 is 0 Å². The third-order valence-electron chi connectivity index (χ3n) is 6.06. The maximum atomic E-state index is 12.6. The Morgan fingerprint density at radius 1 is 1.17 bits per heavy atom. The molecule has 7 heteroatoms. The van der Waals surface area contributed by atoms with Crippen molar-refractivity contribution in [1.29, 1.82) is 0 Å².